The Morgan fingerprint density at radius 2 is 2.21 bits per heavy atom. The first kappa shape index (κ1) is 15.3. The number of carbonyl (C=O) groups excluding carboxylic acids is 1. The minimum atomic E-state index is -0.537. The lowest BCUT2D eigenvalue weighted by molar-refractivity contribution is -0.127. The van der Waals surface area contributed by atoms with Gasteiger partial charge in [-0.3, -0.25) is 4.79 Å². The molecular formula is C14H22N2O3. The largest absolute Gasteiger partial charge is 0.497 e. The molecule has 0 heterocycles. The number of nitrogens with one attached hydrogen (secondary N) is 1. The second-order valence-electron chi connectivity index (χ2n) is 4.17. The molecule has 0 aliphatic carbocycles. The van der Waals surface area contributed by atoms with Crippen molar-refractivity contribution in [2.45, 2.75) is 26.4 Å². The lowest BCUT2D eigenvalue weighted by Crippen LogP contribution is -2.36. The van der Waals surface area contributed by atoms with Crippen LogP contribution in [0.15, 0.2) is 18.2 Å². The summed E-state index contributed by atoms with van der Waals surface area (Å²) in [6.07, 6.45) is 0.138. The van der Waals surface area contributed by atoms with E-state index in [1.54, 1.807) is 26.2 Å². The average molecular weight is 266 g/mol. The van der Waals surface area contributed by atoms with Gasteiger partial charge in [0.1, 0.15) is 11.5 Å². The van der Waals surface area contributed by atoms with Crippen LogP contribution in [0.25, 0.3) is 0 Å². The Kier molecular flexibility index (Phi) is 6.15. The van der Waals surface area contributed by atoms with Gasteiger partial charge in [0.15, 0.2) is 6.10 Å². The molecule has 0 fully saturated rings. The third kappa shape index (κ3) is 4.44. The number of likely N-dealkylation sites (N-methyl/N-ethyl adjacent to an activating group) is 1. The van der Waals surface area contributed by atoms with Crippen LogP contribution < -0.4 is 20.5 Å². The van der Waals surface area contributed by atoms with E-state index in [4.69, 9.17) is 15.2 Å². The van der Waals surface area contributed by atoms with Gasteiger partial charge in [-0.15, -0.1) is 0 Å². The second kappa shape index (κ2) is 7.63. The topological polar surface area (TPSA) is 73.6 Å². The maximum absolute atomic E-state index is 11.7. The minimum absolute atomic E-state index is 0.128. The fourth-order valence-corrected chi connectivity index (χ4v) is 1.71. The van der Waals surface area contributed by atoms with Crippen LogP contribution in [0.2, 0.25) is 0 Å². The number of hydrogen-bond acceptors (Lipinski definition) is 4. The fourth-order valence-electron chi connectivity index (χ4n) is 1.71. The molecule has 0 spiro atoms. The van der Waals surface area contributed by atoms with Crippen LogP contribution in [0.4, 0.5) is 0 Å². The van der Waals surface area contributed by atoms with E-state index in [1.807, 2.05) is 13.0 Å². The minimum Gasteiger partial charge on any atom is -0.497 e. The van der Waals surface area contributed by atoms with Crippen molar-refractivity contribution in [2.24, 2.45) is 5.73 Å². The van der Waals surface area contributed by atoms with Gasteiger partial charge in [-0.2, -0.15) is 0 Å². The number of benzene rings is 1. The summed E-state index contributed by atoms with van der Waals surface area (Å²) in [4.78, 5) is 11.7. The molecule has 0 saturated heterocycles. The summed E-state index contributed by atoms with van der Waals surface area (Å²) in [5.41, 5.74) is 6.53. The van der Waals surface area contributed by atoms with Gasteiger partial charge in [-0.1, -0.05) is 0 Å². The Bertz CT molecular complexity index is 421. The highest BCUT2D eigenvalue weighted by molar-refractivity contribution is 5.80. The molecule has 1 amide bonds. The standard InChI is InChI=1S/C14H22N2O3/c1-4-16-14(17)10(2)19-13-6-5-12(18-3)9-11(13)7-8-15/h5-6,9-10H,4,7-8,15H2,1-3H3,(H,16,17). The molecule has 0 aromatic heterocycles. The van der Waals surface area contributed by atoms with Crippen molar-refractivity contribution in [3.63, 3.8) is 0 Å². The summed E-state index contributed by atoms with van der Waals surface area (Å²) < 4.78 is 10.9. The zero-order chi connectivity index (χ0) is 14.3. The van der Waals surface area contributed by atoms with Gasteiger partial charge in [0.2, 0.25) is 0 Å². The molecule has 0 aliphatic heterocycles. The second-order valence-corrected chi connectivity index (χ2v) is 4.17. The predicted octanol–water partition coefficient (Wildman–Crippen LogP) is 1.10. The number of carbonyl (C=O) groups is 1. The van der Waals surface area contributed by atoms with Crippen molar-refractivity contribution in [3.8, 4) is 11.5 Å². The van der Waals surface area contributed by atoms with E-state index in [9.17, 15) is 4.79 Å². The van der Waals surface area contributed by atoms with Gasteiger partial charge in [-0.05, 0) is 50.6 Å². The number of ether oxygens (including phenoxy) is 2. The number of nitrogens with two attached hydrogens (primary N) is 1. The third-order valence-electron chi connectivity index (χ3n) is 2.71. The molecule has 5 heteroatoms. The van der Waals surface area contributed by atoms with Crippen molar-refractivity contribution in [3.05, 3.63) is 23.8 Å². The quantitative estimate of drug-likeness (QED) is 0.775. The van der Waals surface area contributed by atoms with E-state index in [0.29, 0.717) is 25.3 Å². The molecular weight excluding hydrogens is 244 g/mol. The first-order valence-corrected chi connectivity index (χ1v) is 6.43. The maximum atomic E-state index is 11.7. The Morgan fingerprint density at radius 1 is 1.47 bits per heavy atom. The van der Waals surface area contributed by atoms with Crippen LogP contribution >= 0.6 is 0 Å². The molecule has 1 aromatic rings. The van der Waals surface area contributed by atoms with E-state index < -0.39 is 6.10 Å². The summed E-state index contributed by atoms with van der Waals surface area (Å²) in [5.74, 6) is 1.29. The molecule has 1 rings (SSSR count). The van der Waals surface area contributed by atoms with Gasteiger partial charge >= 0.3 is 0 Å². The van der Waals surface area contributed by atoms with Crippen LogP contribution in [0.1, 0.15) is 19.4 Å². The average Bonchev–Trinajstić information content (AvgIpc) is 2.41. The van der Waals surface area contributed by atoms with E-state index in [1.165, 1.54) is 0 Å². The van der Waals surface area contributed by atoms with Crippen molar-refractivity contribution in [1.29, 1.82) is 0 Å². The molecule has 0 bridgehead atoms. The molecule has 1 aromatic carbocycles. The van der Waals surface area contributed by atoms with E-state index in [0.717, 1.165) is 11.3 Å². The van der Waals surface area contributed by atoms with Gasteiger partial charge in [-0.25, -0.2) is 0 Å². The van der Waals surface area contributed by atoms with E-state index in [2.05, 4.69) is 5.32 Å². The van der Waals surface area contributed by atoms with Crippen molar-refractivity contribution in [2.75, 3.05) is 20.2 Å². The first-order chi connectivity index (χ1) is 9.12. The predicted molar refractivity (Wildman–Crippen MR) is 74.5 cm³/mol. The molecule has 3 N–H and O–H groups in total. The molecule has 1 unspecified atom stereocenters. The zero-order valence-electron chi connectivity index (χ0n) is 11.7. The third-order valence-corrected chi connectivity index (χ3v) is 2.71. The molecule has 1 atom stereocenters. The normalized spacial score (nSPS) is 11.8. The number of rotatable bonds is 7. The lowest BCUT2D eigenvalue weighted by atomic mass is 10.1. The Labute approximate surface area is 114 Å². The van der Waals surface area contributed by atoms with Crippen molar-refractivity contribution in [1.82, 2.24) is 5.32 Å². The molecule has 106 valence electrons. The first-order valence-electron chi connectivity index (χ1n) is 6.43. The monoisotopic (exact) mass is 266 g/mol. The molecule has 19 heavy (non-hydrogen) atoms. The van der Waals surface area contributed by atoms with Crippen LogP contribution in [-0.2, 0) is 11.2 Å². The number of amides is 1. The summed E-state index contributed by atoms with van der Waals surface area (Å²) in [7, 11) is 1.61. The Morgan fingerprint density at radius 3 is 2.79 bits per heavy atom. The zero-order valence-corrected chi connectivity index (χ0v) is 11.7. The van der Waals surface area contributed by atoms with Crippen LogP contribution in [0.3, 0.4) is 0 Å². The SMILES string of the molecule is CCNC(=O)C(C)Oc1ccc(OC)cc1CCN. The van der Waals surface area contributed by atoms with E-state index >= 15 is 0 Å². The van der Waals surface area contributed by atoms with Crippen LogP contribution in [0, 0.1) is 0 Å². The van der Waals surface area contributed by atoms with Gasteiger partial charge in [0, 0.05) is 6.54 Å². The summed E-state index contributed by atoms with van der Waals surface area (Å²) in [6, 6.07) is 5.49. The van der Waals surface area contributed by atoms with Crippen LogP contribution in [0.5, 0.6) is 11.5 Å². The number of hydrogen-bond donors (Lipinski definition) is 2. The molecule has 5 nitrogen and oxygen atoms in total. The van der Waals surface area contributed by atoms with Crippen molar-refractivity contribution >= 4 is 5.91 Å². The smallest absolute Gasteiger partial charge is 0.260 e. The maximum Gasteiger partial charge on any atom is 0.260 e. The van der Waals surface area contributed by atoms with Crippen LogP contribution in [-0.4, -0.2) is 32.2 Å². The fraction of sp³-hybridized carbons (Fsp3) is 0.500. The van der Waals surface area contributed by atoms with Gasteiger partial charge in [0.05, 0.1) is 7.11 Å². The Balaban J connectivity index is 2.84. The molecule has 0 radical (unpaired) electrons. The van der Waals surface area contributed by atoms with Crippen molar-refractivity contribution < 1.29 is 14.3 Å². The molecule has 0 aliphatic rings. The summed E-state index contributed by atoms with van der Waals surface area (Å²) in [5, 5.41) is 2.73. The van der Waals surface area contributed by atoms with Gasteiger partial charge < -0.3 is 20.5 Å². The van der Waals surface area contributed by atoms with E-state index in [-0.39, 0.29) is 5.91 Å². The summed E-state index contributed by atoms with van der Waals surface area (Å²) >= 11 is 0. The molecule has 0 saturated carbocycles. The Hall–Kier alpha value is -1.75. The lowest BCUT2D eigenvalue weighted by Gasteiger charge is -2.17. The highest BCUT2D eigenvalue weighted by Gasteiger charge is 2.15. The highest BCUT2D eigenvalue weighted by atomic mass is 16.5. The highest BCUT2D eigenvalue weighted by Crippen LogP contribution is 2.25. The number of methoxy groups -OCH3 is 1. The van der Waals surface area contributed by atoms with Gasteiger partial charge in [0.25, 0.3) is 5.91 Å². The summed E-state index contributed by atoms with van der Waals surface area (Å²) in [6.45, 7) is 4.70.